The smallest absolute Gasteiger partial charge is 0.152 e. The first-order valence-electron chi connectivity index (χ1n) is 4.07. The molecule has 0 fully saturated rings. The summed E-state index contributed by atoms with van der Waals surface area (Å²) < 4.78 is 22.2. The second kappa shape index (κ2) is 3.75. The lowest BCUT2D eigenvalue weighted by Crippen LogP contribution is -2.33. The van der Waals surface area contributed by atoms with E-state index in [0.29, 0.717) is 0 Å². The molecule has 74 valence electrons. The number of hydrogen-bond acceptors (Lipinski definition) is 3. The van der Waals surface area contributed by atoms with Gasteiger partial charge in [-0.25, -0.2) is 8.42 Å². The van der Waals surface area contributed by atoms with Gasteiger partial charge in [-0.2, -0.15) is 0 Å². The molecule has 3 nitrogen and oxygen atoms in total. The summed E-state index contributed by atoms with van der Waals surface area (Å²) in [6.07, 6.45) is -0.776. The maximum Gasteiger partial charge on any atom is 0.152 e. The van der Waals surface area contributed by atoms with E-state index in [9.17, 15) is 13.5 Å². The van der Waals surface area contributed by atoms with E-state index >= 15 is 0 Å². The molecule has 1 atom stereocenters. The molecule has 0 aliphatic heterocycles. The molecular formula is C8H18O3S. The molecule has 4 heteroatoms. The van der Waals surface area contributed by atoms with E-state index in [4.69, 9.17) is 0 Å². The Labute approximate surface area is 74.7 Å². The van der Waals surface area contributed by atoms with E-state index in [-0.39, 0.29) is 16.9 Å². The van der Waals surface area contributed by atoms with E-state index in [1.54, 1.807) is 6.92 Å². The van der Waals surface area contributed by atoms with Gasteiger partial charge in [-0.3, -0.25) is 0 Å². The van der Waals surface area contributed by atoms with Gasteiger partial charge < -0.3 is 5.11 Å². The quantitative estimate of drug-likeness (QED) is 0.724. The van der Waals surface area contributed by atoms with Gasteiger partial charge in [0.15, 0.2) is 9.84 Å². The van der Waals surface area contributed by atoms with Crippen LogP contribution in [0.4, 0.5) is 0 Å². The van der Waals surface area contributed by atoms with Crippen molar-refractivity contribution < 1.29 is 13.5 Å². The summed E-state index contributed by atoms with van der Waals surface area (Å²) in [4.78, 5) is 0. The van der Waals surface area contributed by atoms with Crippen LogP contribution in [0.2, 0.25) is 0 Å². The van der Waals surface area contributed by atoms with Gasteiger partial charge in [0, 0.05) is 5.75 Å². The minimum Gasteiger partial charge on any atom is -0.392 e. The van der Waals surface area contributed by atoms with Crippen molar-refractivity contribution in [1.82, 2.24) is 0 Å². The Balaban J connectivity index is 4.30. The summed E-state index contributed by atoms with van der Waals surface area (Å²) >= 11 is 0. The van der Waals surface area contributed by atoms with Crippen LogP contribution in [0, 0.1) is 5.41 Å². The van der Waals surface area contributed by atoms with E-state index < -0.39 is 15.9 Å². The molecular weight excluding hydrogens is 176 g/mol. The largest absolute Gasteiger partial charge is 0.392 e. The van der Waals surface area contributed by atoms with E-state index in [1.807, 2.05) is 20.8 Å². The summed E-state index contributed by atoms with van der Waals surface area (Å²) in [5.41, 5.74) is -0.359. The first kappa shape index (κ1) is 11.9. The fourth-order valence-corrected chi connectivity index (χ4v) is 1.83. The van der Waals surface area contributed by atoms with Crippen molar-refractivity contribution in [1.29, 1.82) is 0 Å². The molecule has 0 spiro atoms. The normalized spacial score (nSPS) is 16.1. The number of aliphatic hydroxyl groups is 1. The lowest BCUT2D eigenvalue weighted by Gasteiger charge is -2.25. The fourth-order valence-electron chi connectivity index (χ4n) is 0.608. The minimum atomic E-state index is -3.05. The molecule has 12 heavy (non-hydrogen) atoms. The predicted octanol–water partition coefficient (Wildman–Crippen LogP) is 0.828. The topological polar surface area (TPSA) is 54.4 Å². The summed E-state index contributed by atoms with van der Waals surface area (Å²) in [5.74, 6) is -0.0346. The maximum absolute atomic E-state index is 11.1. The molecule has 0 heterocycles. The molecule has 0 rings (SSSR count). The lowest BCUT2D eigenvalue weighted by atomic mass is 9.90. The van der Waals surface area contributed by atoms with Gasteiger partial charge >= 0.3 is 0 Å². The molecule has 0 bridgehead atoms. The third kappa shape index (κ3) is 4.07. The van der Waals surface area contributed by atoms with E-state index in [1.165, 1.54) is 0 Å². The third-order valence-electron chi connectivity index (χ3n) is 1.85. The van der Waals surface area contributed by atoms with Crippen molar-refractivity contribution in [2.24, 2.45) is 5.41 Å². The van der Waals surface area contributed by atoms with Crippen molar-refractivity contribution in [3.8, 4) is 0 Å². The zero-order chi connectivity index (χ0) is 9.99. The van der Waals surface area contributed by atoms with E-state index in [0.717, 1.165) is 0 Å². The van der Waals surface area contributed by atoms with Crippen molar-refractivity contribution in [2.75, 3.05) is 11.5 Å². The number of sulfone groups is 1. The highest BCUT2D eigenvalue weighted by molar-refractivity contribution is 7.91. The molecule has 0 aromatic carbocycles. The summed E-state index contributed by atoms with van der Waals surface area (Å²) in [6.45, 7) is 7.05. The molecule has 0 unspecified atom stereocenters. The molecule has 0 aliphatic carbocycles. The molecule has 0 radical (unpaired) electrons. The predicted molar refractivity (Wildman–Crippen MR) is 49.8 cm³/mol. The van der Waals surface area contributed by atoms with Crippen LogP contribution in [0.5, 0.6) is 0 Å². The Morgan fingerprint density at radius 1 is 1.33 bits per heavy atom. The number of aliphatic hydroxyl groups excluding tert-OH is 1. The van der Waals surface area contributed by atoms with Crippen LogP contribution < -0.4 is 0 Å². The SMILES string of the molecule is CCS(=O)(=O)C[C@H](O)C(C)(C)C. The van der Waals surface area contributed by atoms with Crippen molar-refractivity contribution in [2.45, 2.75) is 33.8 Å². The van der Waals surface area contributed by atoms with Gasteiger partial charge in [0.1, 0.15) is 0 Å². The van der Waals surface area contributed by atoms with Crippen LogP contribution in [0.1, 0.15) is 27.7 Å². The second-order valence-corrected chi connectivity index (χ2v) is 6.48. The van der Waals surface area contributed by atoms with E-state index in [2.05, 4.69) is 0 Å². The van der Waals surface area contributed by atoms with Gasteiger partial charge in [0.05, 0.1) is 11.9 Å². The zero-order valence-corrected chi connectivity index (χ0v) is 8.98. The highest BCUT2D eigenvalue weighted by atomic mass is 32.2. The van der Waals surface area contributed by atoms with Crippen LogP contribution in [0.3, 0.4) is 0 Å². The third-order valence-corrected chi connectivity index (χ3v) is 3.55. The van der Waals surface area contributed by atoms with Gasteiger partial charge in [0.2, 0.25) is 0 Å². The summed E-state index contributed by atoms with van der Waals surface area (Å²) in [5, 5.41) is 9.47. The monoisotopic (exact) mass is 194 g/mol. The Morgan fingerprint density at radius 3 is 2.00 bits per heavy atom. The van der Waals surface area contributed by atoms with Crippen LogP contribution in [-0.4, -0.2) is 31.1 Å². The molecule has 0 aromatic heterocycles. The first-order chi connectivity index (χ1) is 5.19. The molecule has 0 aliphatic rings. The Bertz CT molecular complexity index is 223. The average molecular weight is 194 g/mol. The highest BCUT2D eigenvalue weighted by Gasteiger charge is 2.26. The van der Waals surface area contributed by atoms with Gasteiger partial charge in [-0.05, 0) is 5.41 Å². The van der Waals surface area contributed by atoms with Gasteiger partial charge in [-0.15, -0.1) is 0 Å². The van der Waals surface area contributed by atoms with Crippen molar-refractivity contribution in [3.05, 3.63) is 0 Å². The summed E-state index contributed by atoms with van der Waals surface area (Å²) in [6, 6.07) is 0. The van der Waals surface area contributed by atoms with Gasteiger partial charge in [0.25, 0.3) is 0 Å². The Hall–Kier alpha value is -0.0900. The first-order valence-corrected chi connectivity index (χ1v) is 5.89. The standard InChI is InChI=1S/C8H18O3S/c1-5-12(10,11)6-7(9)8(2,3)4/h7,9H,5-6H2,1-4H3/t7-/m0/s1. The molecule has 1 N–H and O–H groups in total. The molecule has 0 amide bonds. The number of hydrogen-bond donors (Lipinski definition) is 1. The Kier molecular flexibility index (Phi) is 3.72. The lowest BCUT2D eigenvalue weighted by molar-refractivity contribution is 0.0827. The van der Waals surface area contributed by atoms with Crippen molar-refractivity contribution >= 4 is 9.84 Å². The van der Waals surface area contributed by atoms with Gasteiger partial charge in [-0.1, -0.05) is 27.7 Å². The van der Waals surface area contributed by atoms with Crippen molar-refractivity contribution in [3.63, 3.8) is 0 Å². The van der Waals surface area contributed by atoms with Crippen LogP contribution >= 0.6 is 0 Å². The second-order valence-electron chi connectivity index (χ2n) is 4.08. The Morgan fingerprint density at radius 2 is 1.75 bits per heavy atom. The maximum atomic E-state index is 11.1. The number of rotatable bonds is 3. The molecule has 0 saturated carbocycles. The minimum absolute atomic E-state index is 0.0974. The summed E-state index contributed by atoms with van der Waals surface area (Å²) in [7, 11) is -3.05. The van der Waals surface area contributed by atoms with Crippen LogP contribution in [0.15, 0.2) is 0 Å². The average Bonchev–Trinajstić information content (AvgIpc) is 1.85. The molecule has 0 aromatic rings. The van der Waals surface area contributed by atoms with Crippen LogP contribution in [0.25, 0.3) is 0 Å². The fraction of sp³-hybridized carbons (Fsp3) is 1.00. The van der Waals surface area contributed by atoms with Crippen LogP contribution in [-0.2, 0) is 9.84 Å². The zero-order valence-electron chi connectivity index (χ0n) is 8.16. The highest BCUT2D eigenvalue weighted by Crippen LogP contribution is 2.20. The molecule has 0 saturated heterocycles.